The van der Waals surface area contributed by atoms with Crippen LogP contribution in [0.15, 0.2) is 18.2 Å². The smallest absolute Gasteiger partial charge is 0.337 e. The summed E-state index contributed by atoms with van der Waals surface area (Å²) in [5.41, 5.74) is 1.22. The summed E-state index contributed by atoms with van der Waals surface area (Å²) in [6, 6.07) is 4.97. The minimum Gasteiger partial charge on any atom is -0.478 e. The Morgan fingerprint density at radius 2 is 2.16 bits per heavy atom. The van der Waals surface area contributed by atoms with Crippen LogP contribution in [-0.2, 0) is 0 Å². The molecular formula is C14H19ClN2O2. The van der Waals surface area contributed by atoms with Gasteiger partial charge >= 0.3 is 5.97 Å². The molecule has 5 heteroatoms. The summed E-state index contributed by atoms with van der Waals surface area (Å²) in [6.07, 6.45) is 3.64. The maximum Gasteiger partial charge on any atom is 0.337 e. The Balaban J connectivity index is 2.04. The lowest BCUT2D eigenvalue weighted by Gasteiger charge is -2.47. The summed E-state index contributed by atoms with van der Waals surface area (Å²) < 4.78 is 0. The number of benzene rings is 1. The average Bonchev–Trinajstić information content (AvgIpc) is 2.26. The minimum absolute atomic E-state index is 0.137. The van der Waals surface area contributed by atoms with Gasteiger partial charge in [-0.2, -0.15) is 0 Å². The molecule has 1 aromatic carbocycles. The van der Waals surface area contributed by atoms with Gasteiger partial charge < -0.3 is 15.3 Å². The van der Waals surface area contributed by atoms with Crippen molar-refractivity contribution in [2.45, 2.75) is 24.8 Å². The van der Waals surface area contributed by atoms with Crippen molar-refractivity contribution in [1.82, 2.24) is 4.90 Å². The fourth-order valence-electron chi connectivity index (χ4n) is 2.43. The van der Waals surface area contributed by atoms with Gasteiger partial charge in [-0.1, -0.05) is 11.6 Å². The van der Waals surface area contributed by atoms with E-state index in [1.165, 1.54) is 25.3 Å². The second-order valence-electron chi connectivity index (χ2n) is 5.33. The highest BCUT2D eigenvalue weighted by molar-refractivity contribution is 6.33. The van der Waals surface area contributed by atoms with Crippen molar-refractivity contribution in [2.24, 2.45) is 0 Å². The molecule has 19 heavy (non-hydrogen) atoms. The number of aromatic carboxylic acids is 1. The Bertz CT molecular complexity index is 484. The number of nitrogens with one attached hydrogen (secondary N) is 1. The van der Waals surface area contributed by atoms with E-state index in [4.69, 9.17) is 16.7 Å². The molecule has 0 unspecified atom stereocenters. The molecule has 0 amide bonds. The lowest BCUT2D eigenvalue weighted by Crippen LogP contribution is -2.54. The van der Waals surface area contributed by atoms with E-state index in [-0.39, 0.29) is 16.1 Å². The predicted octanol–water partition coefficient (Wildman–Crippen LogP) is 2.93. The van der Waals surface area contributed by atoms with Crippen molar-refractivity contribution in [3.05, 3.63) is 28.8 Å². The topological polar surface area (TPSA) is 52.6 Å². The number of hydrogen-bond acceptors (Lipinski definition) is 3. The van der Waals surface area contributed by atoms with Gasteiger partial charge in [0.25, 0.3) is 0 Å². The summed E-state index contributed by atoms with van der Waals surface area (Å²) in [5.74, 6) is -1.000. The normalized spacial score (nSPS) is 17.1. The lowest BCUT2D eigenvalue weighted by atomic mass is 9.75. The number of carbonyl (C=O) groups is 1. The molecule has 0 aliphatic heterocycles. The summed E-state index contributed by atoms with van der Waals surface area (Å²) in [6.45, 7) is 0.850. The lowest BCUT2D eigenvalue weighted by molar-refractivity contribution is 0.0697. The monoisotopic (exact) mass is 282 g/mol. The van der Waals surface area contributed by atoms with Gasteiger partial charge in [-0.05, 0) is 51.6 Å². The number of hydrogen-bond donors (Lipinski definition) is 2. The van der Waals surface area contributed by atoms with E-state index in [9.17, 15) is 4.79 Å². The molecule has 0 heterocycles. The molecule has 0 radical (unpaired) electrons. The Labute approximate surface area is 118 Å². The molecule has 0 spiro atoms. The van der Waals surface area contributed by atoms with Crippen molar-refractivity contribution in [3.8, 4) is 0 Å². The van der Waals surface area contributed by atoms with Crippen molar-refractivity contribution >= 4 is 23.3 Å². The SMILES string of the molecule is CN(C)C1(CNc2ccc(C(=O)O)c(Cl)c2)CCC1. The van der Waals surface area contributed by atoms with Crippen molar-refractivity contribution in [3.63, 3.8) is 0 Å². The molecule has 104 valence electrons. The number of carboxylic acid groups (broad SMARTS) is 1. The van der Waals surface area contributed by atoms with Crippen LogP contribution in [0.5, 0.6) is 0 Å². The fraction of sp³-hybridized carbons (Fsp3) is 0.500. The van der Waals surface area contributed by atoms with Crippen LogP contribution in [-0.4, -0.2) is 42.2 Å². The quantitative estimate of drug-likeness (QED) is 0.872. The fourth-order valence-corrected chi connectivity index (χ4v) is 2.69. The van der Waals surface area contributed by atoms with Crippen LogP contribution >= 0.6 is 11.6 Å². The van der Waals surface area contributed by atoms with Crippen LogP contribution in [0.4, 0.5) is 5.69 Å². The molecule has 0 atom stereocenters. The van der Waals surface area contributed by atoms with Crippen LogP contribution in [0.2, 0.25) is 5.02 Å². The largest absolute Gasteiger partial charge is 0.478 e. The van der Waals surface area contributed by atoms with Gasteiger partial charge in [-0.25, -0.2) is 4.79 Å². The summed E-state index contributed by atoms with van der Waals surface area (Å²) in [5, 5.41) is 12.5. The molecule has 1 aliphatic rings. The first-order chi connectivity index (χ1) is 8.94. The molecular weight excluding hydrogens is 264 g/mol. The van der Waals surface area contributed by atoms with Gasteiger partial charge in [-0.15, -0.1) is 0 Å². The Kier molecular flexibility index (Phi) is 4.02. The molecule has 2 rings (SSSR count). The number of carboxylic acids is 1. The standard InChI is InChI=1S/C14H19ClN2O2/c1-17(2)14(6-3-7-14)9-16-10-4-5-11(13(18)19)12(15)8-10/h4-5,8,16H,3,6-7,9H2,1-2H3,(H,18,19). The molecule has 4 nitrogen and oxygen atoms in total. The van der Waals surface area contributed by atoms with Crippen molar-refractivity contribution < 1.29 is 9.90 Å². The van der Waals surface area contributed by atoms with E-state index in [0.717, 1.165) is 12.2 Å². The molecule has 1 fully saturated rings. The molecule has 1 aromatic rings. The Morgan fingerprint density at radius 3 is 2.58 bits per heavy atom. The molecule has 0 saturated heterocycles. The van der Waals surface area contributed by atoms with E-state index in [1.54, 1.807) is 12.1 Å². The van der Waals surface area contributed by atoms with E-state index in [0.29, 0.717) is 0 Å². The zero-order chi connectivity index (χ0) is 14.0. The molecule has 0 aromatic heterocycles. The van der Waals surface area contributed by atoms with Gasteiger partial charge in [0.1, 0.15) is 0 Å². The third-order valence-corrected chi connectivity index (χ3v) is 4.37. The predicted molar refractivity (Wildman–Crippen MR) is 77.2 cm³/mol. The van der Waals surface area contributed by atoms with E-state index < -0.39 is 5.97 Å². The van der Waals surface area contributed by atoms with Gasteiger partial charge in [0.05, 0.1) is 10.6 Å². The van der Waals surface area contributed by atoms with Gasteiger partial charge in [0.15, 0.2) is 0 Å². The third kappa shape index (κ3) is 2.85. The first-order valence-corrected chi connectivity index (χ1v) is 6.76. The number of rotatable bonds is 5. The minimum atomic E-state index is -1.000. The Morgan fingerprint density at radius 1 is 1.47 bits per heavy atom. The maximum atomic E-state index is 10.9. The van der Waals surface area contributed by atoms with Crippen LogP contribution < -0.4 is 5.32 Å². The zero-order valence-electron chi connectivity index (χ0n) is 11.2. The van der Waals surface area contributed by atoms with Gasteiger partial charge in [0, 0.05) is 17.8 Å². The number of nitrogens with zero attached hydrogens (tertiary/aromatic N) is 1. The first-order valence-electron chi connectivity index (χ1n) is 6.39. The highest BCUT2D eigenvalue weighted by Crippen LogP contribution is 2.36. The summed E-state index contributed by atoms with van der Waals surface area (Å²) >= 11 is 5.95. The number of halogens is 1. The van der Waals surface area contributed by atoms with Crippen LogP contribution in [0.25, 0.3) is 0 Å². The maximum absolute atomic E-state index is 10.9. The number of anilines is 1. The summed E-state index contributed by atoms with van der Waals surface area (Å²) in [4.78, 5) is 13.1. The average molecular weight is 283 g/mol. The highest BCUT2D eigenvalue weighted by atomic mass is 35.5. The van der Waals surface area contributed by atoms with Crippen molar-refractivity contribution in [1.29, 1.82) is 0 Å². The zero-order valence-corrected chi connectivity index (χ0v) is 12.0. The van der Waals surface area contributed by atoms with Crippen LogP contribution in [0.1, 0.15) is 29.6 Å². The summed E-state index contributed by atoms with van der Waals surface area (Å²) in [7, 11) is 4.20. The first kappa shape index (κ1) is 14.2. The van der Waals surface area contributed by atoms with Gasteiger partial charge in [0.2, 0.25) is 0 Å². The van der Waals surface area contributed by atoms with E-state index in [1.807, 2.05) is 0 Å². The Hall–Kier alpha value is -1.26. The second-order valence-corrected chi connectivity index (χ2v) is 5.73. The third-order valence-electron chi connectivity index (χ3n) is 4.05. The van der Waals surface area contributed by atoms with E-state index >= 15 is 0 Å². The van der Waals surface area contributed by atoms with Gasteiger partial charge in [-0.3, -0.25) is 0 Å². The molecule has 2 N–H and O–H groups in total. The highest BCUT2D eigenvalue weighted by Gasteiger charge is 2.38. The molecule has 0 bridgehead atoms. The van der Waals surface area contributed by atoms with Crippen LogP contribution in [0, 0.1) is 0 Å². The second kappa shape index (κ2) is 5.39. The molecule has 1 aliphatic carbocycles. The van der Waals surface area contributed by atoms with Crippen molar-refractivity contribution in [2.75, 3.05) is 26.0 Å². The van der Waals surface area contributed by atoms with E-state index in [2.05, 4.69) is 24.3 Å². The number of likely N-dealkylation sites (N-methyl/N-ethyl adjacent to an activating group) is 1. The van der Waals surface area contributed by atoms with Crippen LogP contribution in [0.3, 0.4) is 0 Å². The molecule has 1 saturated carbocycles.